The smallest absolute Gasteiger partial charge is 0.419 e. The zero-order valence-corrected chi connectivity index (χ0v) is 14.4. The van der Waals surface area contributed by atoms with Crippen LogP contribution in [-0.2, 0) is 9.47 Å². The SMILES string of the molecule is O=C(OC(I)CI)OC(I)CI. The van der Waals surface area contributed by atoms with Crippen LogP contribution in [0, 0.1) is 0 Å². The van der Waals surface area contributed by atoms with Crippen molar-refractivity contribution in [3.05, 3.63) is 0 Å². The van der Waals surface area contributed by atoms with Gasteiger partial charge >= 0.3 is 6.16 Å². The molecule has 0 aromatic rings. The molecule has 0 saturated carbocycles. The minimum Gasteiger partial charge on any atom is -0.419 e. The van der Waals surface area contributed by atoms with Gasteiger partial charge in [-0.05, 0) is 45.2 Å². The lowest BCUT2D eigenvalue weighted by atomic mass is 10.8. The summed E-state index contributed by atoms with van der Waals surface area (Å²) in [4.78, 5) is 10.9. The van der Waals surface area contributed by atoms with Gasteiger partial charge in [0.05, 0.1) is 0 Å². The van der Waals surface area contributed by atoms with E-state index in [0.29, 0.717) is 0 Å². The summed E-state index contributed by atoms with van der Waals surface area (Å²) in [6, 6.07) is 0. The maximum atomic E-state index is 10.9. The van der Waals surface area contributed by atoms with Crippen molar-refractivity contribution >= 4 is 96.5 Å². The summed E-state index contributed by atoms with van der Waals surface area (Å²) in [6.07, 6.45) is -0.581. The summed E-state index contributed by atoms with van der Waals surface area (Å²) in [5.41, 5.74) is 0. The molecule has 0 aromatic heterocycles. The lowest BCUT2D eigenvalue weighted by Crippen LogP contribution is -2.18. The van der Waals surface area contributed by atoms with Gasteiger partial charge < -0.3 is 9.47 Å². The number of ether oxygens (including phenoxy) is 2. The topological polar surface area (TPSA) is 35.5 Å². The van der Waals surface area contributed by atoms with Crippen LogP contribution in [0.3, 0.4) is 0 Å². The van der Waals surface area contributed by atoms with Crippen molar-refractivity contribution < 1.29 is 14.3 Å². The van der Waals surface area contributed by atoms with Gasteiger partial charge in [0, 0.05) is 8.86 Å². The van der Waals surface area contributed by atoms with Gasteiger partial charge in [-0.3, -0.25) is 0 Å². The fourth-order valence-corrected chi connectivity index (χ4v) is 1.07. The Kier molecular flexibility index (Phi) is 10.0. The highest BCUT2D eigenvalue weighted by atomic mass is 127. The molecule has 0 radical (unpaired) electrons. The van der Waals surface area contributed by atoms with Crippen LogP contribution in [-0.4, -0.2) is 23.2 Å². The Morgan fingerprint density at radius 2 is 1.42 bits per heavy atom. The molecule has 0 saturated heterocycles. The van der Waals surface area contributed by atoms with E-state index in [1.807, 2.05) is 45.2 Å². The minimum absolute atomic E-state index is 0.103. The third kappa shape index (κ3) is 7.58. The molecule has 3 nitrogen and oxygen atoms in total. The Hall–Kier alpha value is 2.19. The molecule has 7 heteroatoms. The molecule has 0 aliphatic carbocycles. The zero-order valence-electron chi connectivity index (χ0n) is 5.81. The van der Waals surface area contributed by atoms with Gasteiger partial charge in [0.25, 0.3) is 0 Å². The molecule has 72 valence electrons. The van der Waals surface area contributed by atoms with Gasteiger partial charge in [-0.2, -0.15) is 0 Å². The van der Waals surface area contributed by atoms with Crippen LogP contribution in [0.4, 0.5) is 4.79 Å². The molecule has 0 aliphatic rings. The molecule has 0 rings (SSSR count). The maximum absolute atomic E-state index is 10.9. The second-order valence-corrected chi connectivity index (χ2v) is 6.15. The van der Waals surface area contributed by atoms with E-state index in [9.17, 15) is 4.79 Å². The van der Waals surface area contributed by atoms with Gasteiger partial charge in [0.2, 0.25) is 0 Å². The molecule has 12 heavy (non-hydrogen) atoms. The number of hydrogen-bond acceptors (Lipinski definition) is 3. The van der Waals surface area contributed by atoms with E-state index in [1.54, 1.807) is 0 Å². The number of halogens is 4. The summed E-state index contributed by atoms with van der Waals surface area (Å²) >= 11 is 8.38. The first-order valence-electron chi connectivity index (χ1n) is 2.87. The first kappa shape index (κ1) is 14.2. The van der Waals surface area contributed by atoms with Crippen LogP contribution in [0.5, 0.6) is 0 Å². The highest BCUT2D eigenvalue weighted by Crippen LogP contribution is 2.12. The van der Waals surface area contributed by atoms with Crippen molar-refractivity contribution in [1.82, 2.24) is 0 Å². The van der Waals surface area contributed by atoms with Gasteiger partial charge in [-0.1, -0.05) is 45.2 Å². The number of carbonyl (C=O) groups excluding carboxylic acids is 1. The fourth-order valence-electron chi connectivity index (χ4n) is 0.300. The van der Waals surface area contributed by atoms with E-state index in [0.717, 1.165) is 8.86 Å². The second-order valence-electron chi connectivity index (χ2n) is 1.61. The standard InChI is InChI=1S/C5H6I4O3/c6-1-3(8)11-5(10)12-4(9)2-7/h3-4H,1-2H2. The molecule has 2 atom stereocenters. The number of rotatable bonds is 4. The molecular formula is C5H6I4O3. The molecule has 2 unspecified atom stereocenters. The number of alkyl halides is 4. The average molecular weight is 622 g/mol. The molecule has 0 aliphatic heterocycles. The Labute approximate surface area is 126 Å². The molecule has 0 bridgehead atoms. The third-order valence-electron chi connectivity index (χ3n) is 0.691. The Morgan fingerprint density at radius 1 is 1.08 bits per heavy atom. The van der Waals surface area contributed by atoms with E-state index < -0.39 is 6.16 Å². The van der Waals surface area contributed by atoms with Gasteiger partial charge in [0.15, 0.2) is 8.22 Å². The maximum Gasteiger partial charge on any atom is 0.510 e. The lowest BCUT2D eigenvalue weighted by molar-refractivity contribution is 0.0571. The molecule has 0 aromatic carbocycles. The molecular weight excluding hydrogens is 616 g/mol. The highest BCUT2D eigenvalue weighted by Gasteiger charge is 2.14. The Balaban J connectivity index is 3.59. The molecule has 0 spiro atoms. The minimum atomic E-state index is -0.581. The van der Waals surface area contributed by atoms with E-state index in [4.69, 9.17) is 9.47 Å². The first-order chi connectivity index (χ1) is 5.60. The van der Waals surface area contributed by atoms with Crippen molar-refractivity contribution in [3.63, 3.8) is 0 Å². The largest absolute Gasteiger partial charge is 0.510 e. The van der Waals surface area contributed by atoms with Crippen LogP contribution < -0.4 is 0 Å². The summed E-state index contributed by atoms with van der Waals surface area (Å²) in [6.45, 7) is 0. The number of hydrogen-bond donors (Lipinski definition) is 0. The van der Waals surface area contributed by atoms with Crippen LogP contribution in [0.15, 0.2) is 0 Å². The van der Waals surface area contributed by atoms with E-state index in [-0.39, 0.29) is 8.22 Å². The molecule has 0 fully saturated rings. The molecule has 0 heterocycles. The van der Waals surface area contributed by atoms with Crippen molar-refractivity contribution in [3.8, 4) is 0 Å². The van der Waals surface area contributed by atoms with E-state index >= 15 is 0 Å². The Morgan fingerprint density at radius 3 is 1.67 bits per heavy atom. The zero-order chi connectivity index (χ0) is 9.56. The lowest BCUT2D eigenvalue weighted by Gasteiger charge is -2.11. The van der Waals surface area contributed by atoms with Crippen molar-refractivity contribution in [1.29, 1.82) is 0 Å². The summed E-state index contributed by atoms with van der Waals surface area (Å²) in [5, 5.41) is 0. The van der Waals surface area contributed by atoms with Crippen LogP contribution in [0.1, 0.15) is 0 Å². The monoisotopic (exact) mass is 622 g/mol. The second kappa shape index (κ2) is 8.49. The van der Waals surface area contributed by atoms with Gasteiger partial charge in [-0.25, -0.2) is 4.79 Å². The van der Waals surface area contributed by atoms with Crippen LogP contribution >= 0.6 is 90.4 Å². The van der Waals surface area contributed by atoms with Crippen molar-refractivity contribution in [2.75, 3.05) is 8.86 Å². The summed E-state index contributed by atoms with van der Waals surface area (Å²) in [5.74, 6) is 0. The van der Waals surface area contributed by atoms with E-state index in [2.05, 4.69) is 45.2 Å². The van der Waals surface area contributed by atoms with Gasteiger partial charge in [-0.15, -0.1) is 0 Å². The summed E-state index contributed by atoms with van der Waals surface area (Å²) in [7, 11) is 0. The first-order valence-corrected chi connectivity index (χ1v) is 8.41. The van der Waals surface area contributed by atoms with Crippen LogP contribution in [0.2, 0.25) is 0 Å². The normalized spacial score (nSPS) is 15.0. The van der Waals surface area contributed by atoms with Gasteiger partial charge in [0.1, 0.15) is 0 Å². The molecule has 0 N–H and O–H groups in total. The third-order valence-corrected chi connectivity index (χ3v) is 7.05. The Bertz CT molecular complexity index is 129. The fraction of sp³-hybridized carbons (Fsp3) is 0.800. The van der Waals surface area contributed by atoms with Crippen molar-refractivity contribution in [2.24, 2.45) is 0 Å². The molecule has 0 amide bonds. The number of carbonyl (C=O) groups is 1. The van der Waals surface area contributed by atoms with Crippen molar-refractivity contribution in [2.45, 2.75) is 8.22 Å². The predicted octanol–water partition coefficient (Wildman–Crippen LogP) is 3.53. The van der Waals surface area contributed by atoms with E-state index in [1.165, 1.54) is 0 Å². The highest BCUT2D eigenvalue weighted by molar-refractivity contribution is 14.1. The summed E-state index contributed by atoms with van der Waals surface area (Å²) < 4.78 is 11.1. The van der Waals surface area contributed by atoms with Crippen LogP contribution in [0.25, 0.3) is 0 Å². The average Bonchev–Trinajstić information content (AvgIpc) is 2.03. The predicted molar refractivity (Wildman–Crippen MR) is 81.0 cm³/mol. The quantitative estimate of drug-likeness (QED) is 0.274.